The first-order valence-corrected chi connectivity index (χ1v) is 7.78. The summed E-state index contributed by atoms with van der Waals surface area (Å²) in [5.41, 5.74) is 6.51. The van der Waals surface area contributed by atoms with Gasteiger partial charge in [-0.25, -0.2) is 0 Å². The number of carbonyl (C=O) groups excluding carboxylic acids is 1. The number of hydrogen-bond acceptors (Lipinski definition) is 3. The van der Waals surface area contributed by atoms with Gasteiger partial charge in [0, 0.05) is 25.7 Å². The fourth-order valence-electron chi connectivity index (χ4n) is 2.63. The molecule has 0 radical (unpaired) electrons. The number of piperidine rings is 1. The average molecular weight is 362 g/mol. The number of halogens is 2. The highest BCUT2D eigenvalue weighted by Crippen LogP contribution is 2.17. The number of hydrogen-bond donors (Lipinski definition) is 2. The predicted octanol–water partition coefficient (Wildman–Crippen LogP) is 2.60. The van der Waals surface area contributed by atoms with E-state index in [2.05, 4.69) is 34.5 Å². The van der Waals surface area contributed by atoms with Gasteiger partial charge in [0.15, 0.2) is 0 Å². The summed E-state index contributed by atoms with van der Waals surface area (Å²) in [7, 11) is 0. The molecule has 0 spiro atoms. The van der Waals surface area contributed by atoms with Crippen molar-refractivity contribution in [1.29, 1.82) is 0 Å². The molecule has 1 aromatic carbocycles. The molecule has 23 heavy (non-hydrogen) atoms. The molecule has 1 aromatic rings. The second kappa shape index (κ2) is 10.1. The highest BCUT2D eigenvalue weighted by atomic mass is 35.5. The third kappa shape index (κ3) is 6.68. The Morgan fingerprint density at radius 3 is 2.57 bits per heavy atom. The SMILES string of the molecule is CC(C)(CN)C(=O)NC1CCCN(Cc2ccccc2)C1.Cl.Cl. The topological polar surface area (TPSA) is 58.4 Å². The van der Waals surface area contributed by atoms with Crippen LogP contribution in [0.3, 0.4) is 0 Å². The van der Waals surface area contributed by atoms with Crippen LogP contribution in [0.4, 0.5) is 0 Å². The lowest BCUT2D eigenvalue weighted by Gasteiger charge is -2.35. The zero-order chi connectivity index (χ0) is 15.3. The van der Waals surface area contributed by atoms with Crippen LogP contribution in [-0.4, -0.2) is 36.5 Å². The van der Waals surface area contributed by atoms with Crippen LogP contribution < -0.4 is 11.1 Å². The van der Waals surface area contributed by atoms with Gasteiger partial charge >= 0.3 is 0 Å². The van der Waals surface area contributed by atoms with Crippen LogP contribution in [0, 0.1) is 5.41 Å². The second-order valence-electron chi connectivity index (χ2n) is 6.62. The third-order valence-corrected chi connectivity index (χ3v) is 4.21. The van der Waals surface area contributed by atoms with Gasteiger partial charge in [0.25, 0.3) is 0 Å². The predicted molar refractivity (Wildman–Crippen MR) is 100 cm³/mol. The van der Waals surface area contributed by atoms with Crippen molar-refractivity contribution in [1.82, 2.24) is 10.2 Å². The molecule has 2 rings (SSSR count). The summed E-state index contributed by atoms with van der Waals surface area (Å²) in [5.74, 6) is 0.0663. The second-order valence-corrected chi connectivity index (χ2v) is 6.62. The molecule has 1 heterocycles. The van der Waals surface area contributed by atoms with Gasteiger partial charge < -0.3 is 11.1 Å². The molecule has 1 amide bonds. The molecular weight excluding hydrogens is 333 g/mol. The van der Waals surface area contributed by atoms with Gasteiger partial charge in [-0.15, -0.1) is 24.8 Å². The van der Waals surface area contributed by atoms with Crippen LogP contribution in [-0.2, 0) is 11.3 Å². The van der Waals surface area contributed by atoms with Gasteiger partial charge in [-0.1, -0.05) is 30.3 Å². The monoisotopic (exact) mass is 361 g/mol. The molecule has 1 atom stereocenters. The number of carbonyl (C=O) groups is 1. The van der Waals surface area contributed by atoms with Crippen LogP contribution >= 0.6 is 24.8 Å². The molecule has 1 saturated heterocycles. The molecule has 0 aliphatic carbocycles. The van der Waals surface area contributed by atoms with Crippen molar-refractivity contribution in [2.45, 2.75) is 39.3 Å². The summed E-state index contributed by atoms with van der Waals surface area (Å²) in [6, 6.07) is 10.7. The zero-order valence-electron chi connectivity index (χ0n) is 14.0. The Bertz CT molecular complexity index is 468. The van der Waals surface area contributed by atoms with Crippen molar-refractivity contribution in [2.75, 3.05) is 19.6 Å². The molecule has 0 aromatic heterocycles. The highest BCUT2D eigenvalue weighted by Gasteiger charge is 2.29. The molecule has 1 unspecified atom stereocenters. The van der Waals surface area contributed by atoms with Gasteiger partial charge in [0.1, 0.15) is 0 Å². The van der Waals surface area contributed by atoms with E-state index in [1.165, 1.54) is 5.56 Å². The molecule has 132 valence electrons. The molecular formula is C17H29Cl2N3O. The summed E-state index contributed by atoms with van der Waals surface area (Å²) >= 11 is 0. The molecule has 1 aliphatic rings. The van der Waals surface area contributed by atoms with Crippen molar-refractivity contribution in [3.05, 3.63) is 35.9 Å². The first-order chi connectivity index (χ1) is 10.0. The number of nitrogens with zero attached hydrogens (tertiary/aromatic N) is 1. The molecule has 1 fully saturated rings. The number of benzene rings is 1. The van der Waals surface area contributed by atoms with E-state index in [1.54, 1.807) is 0 Å². The number of likely N-dealkylation sites (tertiary alicyclic amines) is 1. The summed E-state index contributed by atoms with van der Waals surface area (Å²) in [6.07, 6.45) is 2.18. The maximum Gasteiger partial charge on any atom is 0.227 e. The van der Waals surface area contributed by atoms with Crippen molar-refractivity contribution < 1.29 is 4.79 Å². The summed E-state index contributed by atoms with van der Waals surface area (Å²) in [6.45, 7) is 7.13. The Morgan fingerprint density at radius 2 is 1.96 bits per heavy atom. The number of amides is 1. The zero-order valence-corrected chi connectivity index (χ0v) is 15.6. The Balaban J connectivity index is 0.00000242. The van der Waals surface area contributed by atoms with Gasteiger partial charge in [-0.2, -0.15) is 0 Å². The summed E-state index contributed by atoms with van der Waals surface area (Å²) in [4.78, 5) is 14.6. The van der Waals surface area contributed by atoms with E-state index < -0.39 is 5.41 Å². The van der Waals surface area contributed by atoms with Crippen LogP contribution in [0.25, 0.3) is 0 Å². The van der Waals surface area contributed by atoms with Crippen LogP contribution in [0.5, 0.6) is 0 Å². The van der Waals surface area contributed by atoms with Gasteiger partial charge in [-0.3, -0.25) is 9.69 Å². The minimum Gasteiger partial charge on any atom is -0.352 e. The molecule has 0 bridgehead atoms. The lowest BCUT2D eigenvalue weighted by atomic mass is 9.91. The van der Waals surface area contributed by atoms with E-state index in [-0.39, 0.29) is 36.8 Å². The van der Waals surface area contributed by atoms with Crippen LogP contribution in [0.15, 0.2) is 30.3 Å². The van der Waals surface area contributed by atoms with Gasteiger partial charge in [0.2, 0.25) is 5.91 Å². The minimum atomic E-state index is -0.484. The quantitative estimate of drug-likeness (QED) is 0.847. The molecule has 0 saturated carbocycles. The first-order valence-electron chi connectivity index (χ1n) is 7.78. The van der Waals surface area contributed by atoms with Crippen molar-refractivity contribution >= 4 is 30.7 Å². The minimum absolute atomic E-state index is 0. The van der Waals surface area contributed by atoms with E-state index in [1.807, 2.05) is 19.9 Å². The number of nitrogens with one attached hydrogen (secondary N) is 1. The third-order valence-electron chi connectivity index (χ3n) is 4.21. The van der Waals surface area contributed by atoms with E-state index in [0.717, 1.165) is 32.5 Å². The van der Waals surface area contributed by atoms with Gasteiger partial charge in [-0.05, 0) is 38.8 Å². The Labute approximate surface area is 152 Å². The van der Waals surface area contributed by atoms with Crippen molar-refractivity contribution in [3.63, 3.8) is 0 Å². The molecule has 6 heteroatoms. The van der Waals surface area contributed by atoms with Crippen molar-refractivity contribution in [2.24, 2.45) is 11.1 Å². The first kappa shape index (κ1) is 22.2. The Morgan fingerprint density at radius 1 is 1.30 bits per heavy atom. The average Bonchev–Trinajstić information content (AvgIpc) is 2.48. The molecule has 3 N–H and O–H groups in total. The van der Waals surface area contributed by atoms with Crippen LogP contribution in [0.2, 0.25) is 0 Å². The fourth-order valence-corrected chi connectivity index (χ4v) is 2.63. The largest absolute Gasteiger partial charge is 0.352 e. The summed E-state index contributed by atoms with van der Waals surface area (Å²) in [5, 5.41) is 3.17. The fraction of sp³-hybridized carbons (Fsp3) is 0.588. The maximum absolute atomic E-state index is 12.2. The maximum atomic E-state index is 12.2. The summed E-state index contributed by atoms with van der Waals surface area (Å²) < 4.78 is 0. The molecule has 1 aliphatic heterocycles. The highest BCUT2D eigenvalue weighted by molar-refractivity contribution is 5.85. The lowest BCUT2D eigenvalue weighted by Crippen LogP contribution is -2.52. The van der Waals surface area contributed by atoms with Crippen molar-refractivity contribution in [3.8, 4) is 0 Å². The molecule has 4 nitrogen and oxygen atoms in total. The van der Waals surface area contributed by atoms with E-state index >= 15 is 0 Å². The normalized spacial score (nSPS) is 18.5. The standard InChI is InChI=1S/C17H27N3O.2ClH/c1-17(2,13-18)16(21)19-15-9-6-10-20(12-15)11-14-7-4-3-5-8-14;;/h3-5,7-8,15H,6,9-13,18H2,1-2H3,(H,19,21);2*1H. The van der Waals surface area contributed by atoms with E-state index in [9.17, 15) is 4.79 Å². The number of nitrogens with two attached hydrogens (primary N) is 1. The smallest absolute Gasteiger partial charge is 0.227 e. The Kier molecular flexibility index (Phi) is 9.78. The van der Waals surface area contributed by atoms with E-state index in [4.69, 9.17) is 5.73 Å². The number of rotatable bonds is 5. The lowest BCUT2D eigenvalue weighted by molar-refractivity contribution is -0.130. The Hall–Kier alpha value is -0.810. The van der Waals surface area contributed by atoms with Crippen LogP contribution in [0.1, 0.15) is 32.3 Å². The van der Waals surface area contributed by atoms with Gasteiger partial charge in [0.05, 0.1) is 5.41 Å². The van der Waals surface area contributed by atoms with E-state index in [0.29, 0.717) is 6.54 Å².